The summed E-state index contributed by atoms with van der Waals surface area (Å²) in [4.78, 5) is 12.7. The molecule has 4 rings (SSSR count). The highest BCUT2D eigenvalue weighted by Crippen LogP contribution is 2.36. The van der Waals surface area contributed by atoms with Crippen molar-refractivity contribution in [3.8, 4) is 0 Å². The molecule has 0 spiro atoms. The van der Waals surface area contributed by atoms with Crippen molar-refractivity contribution in [1.29, 1.82) is 0 Å². The summed E-state index contributed by atoms with van der Waals surface area (Å²) in [6.45, 7) is 0.932. The molecule has 1 fully saturated rings. The molecule has 28 heavy (non-hydrogen) atoms. The number of piperazine rings is 1. The number of aromatic nitrogens is 2. The van der Waals surface area contributed by atoms with E-state index in [2.05, 4.69) is 8.75 Å². The standard InChI is InChI=1S/C16H14ClN5O4S2/c17-11-3-1-5-13(22(23)24)16(11)20-7-9-21(10-8-20)28(25,26)14-6-2-4-12-15(14)19-27-18-12/h1-6H,7-10H2. The lowest BCUT2D eigenvalue weighted by molar-refractivity contribution is -0.384. The molecule has 9 nitrogen and oxygen atoms in total. The minimum Gasteiger partial charge on any atom is -0.362 e. The predicted molar refractivity (Wildman–Crippen MR) is 106 cm³/mol. The minimum absolute atomic E-state index is 0.0953. The van der Waals surface area contributed by atoms with Gasteiger partial charge in [0, 0.05) is 32.2 Å². The van der Waals surface area contributed by atoms with E-state index >= 15 is 0 Å². The molecule has 3 aromatic rings. The molecule has 1 aliphatic heterocycles. The lowest BCUT2D eigenvalue weighted by Crippen LogP contribution is -2.48. The van der Waals surface area contributed by atoms with Crippen LogP contribution in [0.2, 0.25) is 5.02 Å². The van der Waals surface area contributed by atoms with Gasteiger partial charge in [-0.2, -0.15) is 13.1 Å². The molecule has 2 heterocycles. The zero-order valence-electron chi connectivity index (χ0n) is 14.4. The largest absolute Gasteiger partial charge is 0.362 e. The Morgan fingerprint density at radius 3 is 2.50 bits per heavy atom. The Morgan fingerprint density at radius 2 is 1.79 bits per heavy atom. The van der Waals surface area contributed by atoms with Crippen molar-refractivity contribution in [2.75, 3.05) is 31.1 Å². The van der Waals surface area contributed by atoms with E-state index in [1.807, 2.05) is 0 Å². The molecule has 1 saturated heterocycles. The Hall–Kier alpha value is -2.34. The fraction of sp³-hybridized carbons (Fsp3) is 0.250. The molecule has 1 aliphatic rings. The molecular formula is C16H14ClN5O4S2. The third-order valence-electron chi connectivity index (χ3n) is 4.58. The van der Waals surface area contributed by atoms with Gasteiger partial charge >= 0.3 is 0 Å². The molecule has 2 aromatic carbocycles. The summed E-state index contributed by atoms with van der Waals surface area (Å²) in [5, 5.41) is 11.6. The van der Waals surface area contributed by atoms with E-state index in [-0.39, 0.29) is 41.8 Å². The molecule has 146 valence electrons. The predicted octanol–water partition coefficient (Wildman–Crippen LogP) is 2.76. The number of halogens is 1. The molecule has 12 heteroatoms. The molecule has 0 bridgehead atoms. The van der Waals surface area contributed by atoms with Crippen molar-refractivity contribution < 1.29 is 13.3 Å². The van der Waals surface area contributed by atoms with Gasteiger partial charge in [-0.25, -0.2) is 8.42 Å². The number of nitro groups is 1. The highest BCUT2D eigenvalue weighted by atomic mass is 35.5. The van der Waals surface area contributed by atoms with Gasteiger partial charge < -0.3 is 4.90 Å². The summed E-state index contributed by atoms with van der Waals surface area (Å²) < 4.78 is 35.7. The van der Waals surface area contributed by atoms with Gasteiger partial charge in [0.15, 0.2) is 0 Å². The van der Waals surface area contributed by atoms with E-state index in [9.17, 15) is 18.5 Å². The van der Waals surface area contributed by atoms with E-state index in [1.165, 1.54) is 22.5 Å². The van der Waals surface area contributed by atoms with Gasteiger partial charge in [-0.05, 0) is 18.2 Å². The number of benzene rings is 2. The van der Waals surface area contributed by atoms with Gasteiger partial charge in [0.25, 0.3) is 5.69 Å². The Balaban J connectivity index is 1.60. The Kier molecular flexibility index (Phi) is 4.91. The van der Waals surface area contributed by atoms with Crippen LogP contribution in [-0.2, 0) is 10.0 Å². The minimum atomic E-state index is -3.76. The van der Waals surface area contributed by atoms with E-state index in [4.69, 9.17) is 11.6 Å². The number of sulfonamides is 1. The Morgan fingerprint density at radius 1 is 1.07 bits per heavy atom. The molecular weight excluding hydrogens is 426 g/mol. The maximum atomic E-state index is 13.1. The number of anilines is 1. The maximum absolute atomic E-state index is 13.1. The summed E-state index contributed by atoms with van der Waals surface area (Å²) in [6, 6.07) is 9.37. The van der Waals surface area contributed by atoms with Crippen LogP contribution < -0.4 is 4.90 Å². The van der Waals surface area contributed by atoms with Gasteiger partial charge in [-0.15, -0.1) is 0 Å². The van der Waals surface area contributed by atoms with E-state index < -0.39 is 14.9 Å². The average molecular weight is 440 g/mol. The van der Waals surface area contributed by atoms with Gasteiger partial charge in [-0.3, -0.25) is 10.1 Å². The average Bonchev–Trinajstić information content (AvgIpc) is 3.16. The summed E-state index contributed by atoms with van der Waals surface area (Å²) >= 11 is 7.15. The van der Waals surface area contributed by atoms with Crippen molar-refractivity contribution >= 4 is 55.8 Å². The highest BCUT2D eigenvalue weighted by Gasteiger charge is 2.33. The first-order chi connectivity index (χ1) is 13.4. The van der Waals surface area contributed by atoms with Gasteiger partial charge in [0.05, 0.1) is 21.7 Å². The van der Waals surface area contributed by atoms with Crippen molar-refractivity contribution in [1.82, 2.24) is 13.1 Å². The number of hydrogen-bond donors (Lipinski definition) is 0. The summed E-state index contributed by atoms with van der Waals surface area (Å²) in [5.74, 6) is 0. The smallest absolute Gasteiger partial charge is 0.294 e. The quantitative estimate of drug-likeness (QED) is 0.454. The first-order valence-electron chi connectivity index (χ1n) is 8.29. The molecule has 1 aromatic heterocycles. The summed E-state index contributed by atoms with van der Waals surface area (Å²) in [6.07, 6.45) is 0. The molecule has 0 amide bonds. The van der Waals surface area contributed by atoms with Crippen molar-refractivity contribution in [3.05, 3.63) is 51.5 Å². The molecule has 0 saturated carbocycles. The molecule has 0 N–H and O–H groups in total. The topological polar surface area (TPSA) is 110 Å². The number of para-hydroxylation sites is 1. The number of rotatable bonds is 4. The van der Waals surface area contributed by atoms with Crippen LogP contribution in [0.5, 0.6) is 0 Å². The normalized spacial score (nSPS) is 15.8. The zero-order valence-corrected chi connectivity index (χ0v) is 16.7. The fourth-order valence-electron chi connectivity index (χ4n) is 3.25. The number of nitrogens with zero attached hydrogens (tertiary/aromatic N) is 5. The van der Waals surface area contributed by atoms with E-state index in [0.29, 0.717) is 16.7 Å². The van der Waals surface area contributed by atoms with Crippen LogP contribution >= 0.6 is 23.3 Å². The SMILES string of the molecule is O=[N+]([O-])c1cccc(Cl)c1N1CCN(S(=O)(=O)c2cccc3nsnc23)CC1. The monoisotopic (exact) mass is 439 g/mol. The lowest BCUT2D eigenvalue weighted by Gasteiger charge is -2.35. The number of fused-ring (bicyclic) bond motifs is 1. The van der Waals surface area contributed by atoms with Gasteiger partial charge in [-0.1, -0.05) is 23.7 Å². The Labute approximate surface area is 169 Å². The third-order valence-corrected chi connectivity index (χ3v) is 7.36. The van der Waals surface area contributed by atoms with E-state index in [0.717, 1.165) is 11.7 Å². The number of hydrogen-bond acceptors (Lipinski definition) is 8. The van der Waals surface area contributed by atoms with Gasteiger partial charge in [0.1, 0.15) is 21.6 Å². The maximum Gasteiger partial charge on any atom is 0.294 e. The molecule has 0 unspecified atom stereocenters. The van der Waals surface area contributed by atoms with Crippen molar-refractivity contribution in [3.63, 3.8) is 0 Å². The first-order valence-corrected chi connectivity index (χ1v) is 10.8. The van der Waals surface area contributed by atoms with Crippen LogP contribution in [0.25, 0.3) is 11.0 Å². The molecule has 0 radical (unpaired) electrons. The lowest BCUT2D eigenvalue weighted by atomic mass is 10.2. The van der Waals surface area contributed by atoms with Crippen LogP contribution in [-0.4, -0.2) is 52.6 Å². The second kappa shape index (κ2) is 7.24. The van der Waals surface area contributed by atoms with Crippen LogP contribution in [0.3, 0.4) is 0 Å². The zero-order chi connectivity index (χ0) is 19.9. The summed E-state index contributed by atoms with van der Waals surface area (Å²) in [7, 11) is -3.76. The molecule has 0 atom stereocenters. The third kappa shape index (κ3) is 3.20. The Bertz CT molecular complexity index is 1160. The van der Waals surface area contributed by atoms with Crippen molar-refractivity contribution in [2.24, 2.45) is 0 Å². The highest BCUT2D eigenvalue weighted by molar-refractivity contribution is 7.89. The second-order valence-corrected chi connectivity index (χ2v) is 8.99. The van der Waals surface area contributed by atoms with Crippen LogP contribution in [0, 0.1) is 10.1 Å². The van der Waals surface area contributed by atoms with Crippen LogP contribution in [0.15, 0.2) is 41.3 Å². The number of nitro benzene ring substituents is 1. The second-order valence-electron chi connectivity index (χ2n) is 6.14. The molecule has 0 aliphatic carbocycles. The van der Waals surface area contributed by atoms with E-state index in [1.54, 1.807) is 23.1 Å². The van der Waals surface area contributed by atoms with Crippen LogP contribution in [0.1, 0.15) is 0 Å². The van der Waals surface area contributed by atoms with Crippen molar-refractivity contribution in [2.45, 2.75) is 4.90 Å². The van der Waals surface area contributed by atoms with Crippen LogP contribution in [0.4, 0.5) is 11.4 Å². The first kappa shape index (κ1) is 19.0. The fourth-order valence-corrected chi connectivity index (χ4v) is 5.71. The van der Waals surface area contributed by atoms with Gasteiger partial charge in [0.2, 0.25) is 10.0 Å². The summed E-state index contributed by atoms with van der Waals surface area (Å²) in [5.41, 5.74) is 1.12.